The molecule has 0 aromatic heterocycles. The first kappa shape index (κ1) is 16.7. The molecule has 3 unspecified atom stereocenters. The fourth-order valence-corrected chi connectivity index (χ4v) is 4.32. The topological polar surface area (TPSA) is 47.6 Å². The van der Waals surface area contributed by atoms with Crippen LogP contribution in [-0.4, -0.2) is 20.2 Å². The summed E-state index contributed by atoms with van der Waals surface area (Å²) in [4.78, 5) is 11.7. The van der Waals surface area contributed by atoms with Crippen molar-refractivity contribution in [2.45, 2.75) is 25.3 Å². The zero-order chi connectivity index (χ0) is 18.3. The van der Waals surface area contributed by atoms with E-state index in [1.54, 1.807) is 7.11 Å². The lowest BCUT2D eigenvalue weighted by molar-refractivity contribution is 0.0600. The fraction of sp³-hybridized carbons (Fsp3) is 0.318. The Balaban J connectivity index is 1.75. The molecular weight excluding hydrogens is 326 g/mol. The highest BCUT2D eigenvalue weighted by molar-refractivity contribution is 5.89. The maximum Gasteiger partial charge on any atom is 0.337 e. The summed E-state index contributed by atoms with van der Waals surface area (Å²) >= 11 is 0. The van der Waals surface area contributed by atoms with Gasteiger partial charge < -0.3 is 14.8 Å². The average Bonchev–Trinajstić information content (AvgIpc) is 3.16. The van der Waals surface area contributed by atoms with Crippen LogP contribution in [0.4, 0.5) is 5.69 Å². The molecule has 0 spiro atoms. The van der Waals surface area contributed by atoms with Crippen LogP contribution in [-0.2, 0) is 4.74 Å². The molecule has 0 bridgehead atoms. The Labute approximate surface area is 153 Å². The predicted molar refractivity (Wildman–Crippen MR) is 102 cm³/mol. The maximum absolute atomic E-state index is 11.7. The van der Waals surface area contributed by atoms with E-state index >= 15 is 0 Å². The SMILES string of the molecule is COC(=O)c1ccc(C2Nc3c(OC)ccc(C)c3C3C=CCC32)cc1. The summed E-state index contributed by atoms with van der Waals surface area (Å²) < 4.78 is 10.4. The quantitative estimate of drug-likeness (QED) is 0.649. The Kier molecular flexibility index (Phi) is 4.19. The van der Waals surface area contributed by atoms with Gasteiger partial charge in [0.25, 0.3) is 0 Å². The molecule has 2 aromatic carbocycles. The first-order valence-corrected chi connectivity index (χ1v) is 8.93. The molecule has 134 valence electrons. The van der Waals surface area contributed by atoms with Gasteiger partial charge in [0.1, 0.15) is 5.75 Å². The second-order valence-corrected chi connectivity index (χ2v) is 6.96. The number of carbonyl (C=O) groups excluding carboxylic acids is 1. The highest BCUT2D eigenvalue weighted by Gasteiger charge is 2.39. The Bertz CT molecular complexity index is 870. The monoisotopic (exact) mass is 349 g/mol. The van der Waals surface area contributed by atoms with Crippen molar-refractivity contribution in [2.75, 3.05) is 19.5 Å². The van der Waals surface area contributed by atoms with Crippen molar-refractivity contribution in [1.29, 1.82) is 0 Å². The number of aryl methyl sites for hydroxylation is 1. The summed E-state index contributed by atoms with van der Waals surface area (Å²) in [7, 11) is 3.11. The molecular formula is C22H23NO3. The molecule has 0 fully saturated rings. The molecule has 1 aliphatic carbocycles. The van der Waals surface area contributed by atoms with E-state index in [9.17, 15) is 4.79 Å². The molecule has 1 heterocycles. The molecule has 0 amide bonds. The second kappa shape index (κ2) is 6.52. The summed E-state index contributed by atoms with van der Waals surface area (Å²) in [6.07, 6.45) is 5.64. The van der Waals surface area contributed by atoms with E-state index in [-0.39, 0.29) is 12.0 Å². The smallest absolute Gasteiger partial charge is 0.337 e. The van der Waals surface area contributed by atoms with Crippen molar-refractivity contribution in [2.24, 2.45) is 5.92 Å². The third kappa shape index (κ3) is 2.57. The number of hydrogen-bond acceptors (Lipinski definition) is 4. The lowest BCUT2D eigenvalue weighted by atomic mass is 9.75. The van der Waals surface area contributed by atoms with Gasteiger partial charge in [0.15, 0.2) is 0 Å². The van der Waals surface area contributed by atoms with Crippen LogP contribution in [0.5, 0.6) is 5.75 Å². The van der Waals surface area contributed by atoms with Gasteiger partial charge in [-0.3, -0.25) is 0 Å². The van der Waals surface area contributed by atoms with E-state index in [2.05, 4.69) is 30.5 Å². The summed E-state index contributed by atoms with van der Waals surface area (Å²) in [6, 6.07) is 12.0. The number of benzene rings is 2. The van der Waals surface area contributed by atoms with E-state index in [1.165, 1.54) is 23.8 Å². The summed E-state index contributed by atoms with van der Waals surface area (Å²) in [6.45, 7) is 2.16. The van der Waals surface area contributed by atoms with Crippen molar-refractivity contribution in [3.8, 4) is 5.75 Å². The first-order chi connectivity index (χ1) is 12.6. The number of anilines is 1. The molecule has 4 heteroatoms. The standard InChI is InChI=1S/C22H23NO3/c1-13-7-12-18(25-2)21-19(13)16-5-4-6-17(16)20(23-21)14-8-10-15(11-9-14)22(24)26-3/h4-5,7-12,16-17,20,23H,6H2,1-3H3. The van der Waals surface area contributed by atoms with Gasteiger partial charge in [-0.1, -0.05) is 30.4 Å². The van der Waals surface area contributed by atoms with Gasteiger partial charge in [0.2, 0.25) is 0 Å². The van der Waals surface area contributed by atoms with Crippen LogP contribution >= 0.6 is 0 Å². The number of rotatable bonds is 3. The number of nitrogens with one attached hydrogen (secondary N) is 1. The third-order valence-electron chi connectivity index (χ3n) is 5.61. The highest BCUT2D eigenvalue weighted by Crippen LogP contribution is 2.53. The minimum Gasteiger partial charge on any atom is -0.495 e. The minimum absolute atomic E-state index is 0.171. The molecule has 2 aromatic rings. The second-order valence-electron chi connectivity index (χ2n) is 6.96. The van der Waals surface area contributed by atoms with Crippen molar-refractivity contribution in [3.63, 3.8) is 0 Å². The van der Waals surface area contributed by atoms with Crippen LogP contribution in [0.3, 0.4) is 0 Å². The number of carbonyl (C=O) groups is 1. The first-order valence-electron chi connectivity index (χ1n) is 8.93. The van der Waals surface area contributed by atoms with E-state index in [0.717, 1.165) is 17.9 Å². The molecule has 1 N–H and O–H groups in total. The molecule has 4 rings (SSSR count). The lowest BCUT2D eigenvalue weighted by Gasteiger charge is -2.39. The Morgan fingerprint density at radius 2 is 1.88 bits per heavy atom. The number of hydrogen-bond donors (Lipinski definition) is 1. The van der Waals surface area contributed by atoms with Crippen molar-refractivity contribution >= 4 is 11.7 Å². The summed E-state index contributed by atoms with van der Waals surface area (Å²) in [5, 5.41) is 3.73. The Morgan fingerprint density at radius 3 is 2.58 bits per heavy atom. The summed E-state index contributed by atoms with van der Waals surface area (Å²) in [5.41, 5.74) is 5.45. The van der Waals surface area contributed by atoms with Gasteiger partial charge in [-0.25, -0.2) is 4.79 Å². The number of fused-ring (bicyclic) bond motifs is 3. The van der Waals surface area contributed by atoms with Crippen LogP contribution < -0.4 is 10.1 Å². The van der Waals surface area contributed by atoms with Gasteiger partial charge in [0.05, 0.1) is 31.5 Å². The Morgan fingerprint density at radius 1 is 1.12 bits per heavy atom. The minimum atomic E-state index is -0.309. The molecule has 0 saturated carbocycles. The van der Waals surface area contributed by atoms with E-state index in [1.807, 2.05) is 30.3 Å². The van der Waals surface area contributed by atoms with Crippen LogP contribution in [0, 0.1) is 12.8 Å². The van der Waals surface area contributed by atoms with E-state index < -0.39 is 0 Å². The zero-order valence-electron chi connectivity index (χ0n) is 15.3. The molecule has 1 aliphatic heterocycles. The zero-order valence-corrected chi connectivity index (χ0v) is 15.3. The average molecular weight is 349 g/mol. The predicted octanol–water partition coefficient (Wildman–Crippen LogP) is 4.62. The van der Waals surface area contributed by atoms with E-state index in [0.29, 0.717) is 17.4 Å². The van der Waals surface area contributed by atoms with Gasteiger partial charge >= 0.3 is 5.97 Å². The largest absolute Gasteiger partial charge is 0.495 e. The van der Waals surface area contributed by atoms with Crippen LogP contribution in [0.25, 0.3) is 0 Å². The molecule has 2 aliphatic rings. The van der Waals surface area contributed by atoms with E-state index in [4.69, 9.17) is 9.47 Å². The van der Waals surface area contributed by atoms with Crippen LogP contribution in [0.15, 0.2) is 48.6 Å². The molecule has 3 atom stereocenters. The molecule has 26 heavy (non-hydrogen) atoms. The fourth-order valence-electron chi connectivity index (χ4n) is 4.32. The number of ether oxygens (including phenoxy) is 2. The third-order valence-corrected chi connectivity index (χ3v) is 5.61. The van der Waals surface area contributed by atoms with Gasteiger partial charge in [-0.2, -0.15) is 0 Å². The van der Waals surface area contributed by atoms with Crippen LogP contribution in [0.2, 0.25) is 0 Å². The highest BCUT2D eigenvalue weighted by atomic mass is 16.5. The van der Waals surface area contributed by atoms with Crippen molar-refractivity contribution in [3.05, 3.63) is 70.8 Å². The van der Waals surface area contributed by atoms with Crippen LogP contribution in [0.1, 0.15) is 45.4 Å². The maximum atomic E-state index is 11.7. The molecule has 4 nitrogen and oxygen atoms in total. The van der Waals surface area contributed by atoms with Gasteiger partial charge in [0, 0.05) is 5.92 Å². The molecule has 0 radical (unpaired) electrons. The van der Waals surface area contributed by atoms with Crippen molar-refractivity contribution in [1.82, 2.24) is 0 Å². The normalized spacial score (nSPS) is 23.0. The number of esters is 1. The number of methoxy groups -OCH3 is 2. The lowest BCUT2D eigenvalue weighted by Crippen LogP contribution is -2.30. The van der Waals surface area contributed by atoms with Crippen molar-refractivity contribution < 1.29 is 14.3 Å². The Hall–Kier alpha value is -2.75. The number of allylic oxidation sites excluding steroid dienone is 2. The van der Waals surface area contributed by atoms with Gasteiger partial charge in [-0.15, -0.1) is 0 Å². The van der Waals surface area contributed by atoms with Gasteiger partial charge in [-0.05, 0) is 54.2 Å². The molecule has 0 saturated heterocycles. The summed E-state index contributed by atoms with van der Waals surface area (Å²) in [5.74, 6) is 1.40.